The van der Waals surface area contributed by atoms with Crippen LogP contribution in [-0.2, 0) is 21.5 Å². The van der Waals surface area contributed by atoms with Crippen LogP contribution in [0.4, 0.5) is 10.5 Å². The van der Waals surface area contributed by atoms with Gasteiger partial charge in [0.2, 0.25) is 5.91 Å². The van der Waals surface area contributed by atoms with Gasteiger partial charge < -0.3 is 16.0 Å². The van der Waals surface area contributed by atoms with E-state index in [0.29, 0.717) is 16.8 Å². The topological polar surface area (TPSA) is 108 Å². The monoisotopic (exact) mass is 422 g/mol. The normalized spacial score (nSPS) is 18.0. The summed E-state index contributed by atoms with van der Waals surface area (Å²) >= 11 is 0. The Bertz CT molecular complexity index is 1020. The highest BCUT2D eigenvalue weighted by atomic mass is 16.2. The summed E-state index contributed by atoms with van der Waals surface area (Å²) in [7, 11) is 1.51. The zero-order valence-electron chi connectivity index (χ0n) is 17.8. The van der Waals surface area contributed by atoms with Gasteiger partial charge in [0.15, 0.2) is 0 Å². The highest BCUT2D eigenvalue weighted by Gasteiger charge is 2.49. The molecule has 2 aromatic carbocycles. The largest absolute Gasteiger partial charge is 0.355 e. The molecule has 8 heteroatoms. The van der Waals surface area contributed by atoms with Crippen molar-refractivity contribution in [3.05, 3.63) is 65.2 Å². The van der Waals surface area contributed by atoms with E-state index in [1.807, 2.05) is 24.3 Å². The predicted molar refractivity (Wildman–Crippen MR) is 116 cm³/mol. The third-order valence-electron chi connectivity index (χ3n) is 5.28. The first-order valence-corrected chi connectivity index (χ1v) is 10.1. The van der Waals surface area contributed by atoms with E-state index in [-0.39, 0.29) is 5.91 Å². The Morgan fingerprint density at radius 2 is 1.81 bits per heavy atom. The van der Waals surface area contributed by atoms with Crippen LogP contribution in [-0.4, -0.2) is 42.2 Å². The molecule has 1 fully saturated rings. The average Bonchev–Trinajstić information content (AvgIpc) is 2.98. The van der Waals surface area contributed by atoms with Crippen LogP contribution >= 0.6 is 0 Å². The van der Waals surface area contributed by atoms with Crippen LogP contribution in [0.1, 0.15) is 41.8 Å². The molecule has 0 bridgehead atoms. The Kier molecular flexibility index (Phi) is 6.39. The number of hydrogen-bond donors (Lipinski definition) is 3. The molecule has 0 spiro atoms. The maximum absolute atomic E-state index is 13.0. The molecular formula is C23H26N4O4. The standard InChI is InChI=1S/C23H26N4O4/c1-4-6-15-9-11-17(12-10-15)23(2)21(30)27(22(31)26-23)14-19(28)25-18-8-5-7-16(13-18)20(29)24-3/h5,7-13H,4,6,14H2,1-3H3,(H,24,29)(H,25,28)(H,26,31). The molecule has 1 aliphatic heterocycles. The highest BCUT2D eigenvalue weighted by molar-refractivity contribution is 6.10. The summed E-state index contributed by atoms with van der Waals surface area (Å²) in [6.45, 7) is 3.29. The van der Waals surface area contributed by atoms with Gasteiger partial charge in [-0.2, -0.15) is 0 Å². The fourth-order valence-electron chi connectivity index (χ4n) is 3.56. The van der Waals surface area contributed by atoms with Crippen molar-refractivity contribution in [2.24, 2.45) is 0 Å². The quantitative estimate of drug-likeness (QED) is 0.596. The molecule has 3 rings (SSSR count). The number of amides is 5. The molecule has 162 valence electrons. The van der Waals surface area contributed by atoms with E-state index in [9.17, 15) is 19.2 Å². The van der Waals surface area contributed by atoms with Crippen molar-refractivity contribution in [2.45, 2.75) is 32.2 Å². The second-order valence-electron chi connectivity index (χ2n) is 7.60. The van der Waals surface area contributed by atoms with Crippen LogP contribution in [0.15, 0.2) is 48.5 Å². The van der Waals surface area contributed by atoms with Crippen molar-refractivity contribution in [2.75, 3.05) is 18.9 Å². The average molecular weight is 422 g/mol. The van der Waals surface area contributed by atoms with Gasteiger partial charge in [-0.25, -0.2) is 4.79 Å². The van der Waals surface area contributed by atoms with Gasteiger partial charge in [-0.1, -0.05) is 43.7 Å². The molecule has 5 amide bonds. The van der Waals surface area contributed by atoms with Crippen LogP contribution in [0.3, 0.4) is 0 Å². The van der Waals surface area contributed by atoms with Crippen molar-refractivity contribution >= 4 is 29.4 Å². The maximum Gasteiger partial charge on any atom is 0.325 e. The summed E-state index contributed by atoms with van der Waals surface area (Å²) in [5.41, 5.74) is 1.36. The van der Waals surface area contributed by atoms with E-state index >= 15 is 0 Å². The summed E-state index contributed by atoms with van der Waals surface area (Å²) in [5.74, 6) is -1.32. The number of aryl methyl sites for hydroxylation is 1. The Hall–Kier alpha value is -3.68. The molecule has 0 radical (unpaired) electrons. The Morgan fingerprint density at radius 3 is 2.45 bits per heavy atom. The van der Waals surface area contributed by atoms with Gasteiger partial charge in [0, 0.05) is 18.3 Å². The molecule has 3 N–H and O–H groups in total. The molecular weight excluding hydrogens is 396 g/mol. The summed E-state index contributed by atoms with van der Waals surface area (Å²) in [6, 6.07) is 13.3. The lowest BCUT2D eigenvalue weighted by Gasteiger charge is -2.22. The fraction of sp³-hybridized carbons (Fsp3) is 0.304. The minimum atomic E-state index is -1.23. The van der Waals surface area contributed by atoms with Gasteiger partial charge in [-0.05, 0) is 42.7 Å². The number of carbonyl (C=O) groups excluding carboxylic acids is 4. The highest BCUT2D eigenvalue weighted by Crippen LogP contribution is 2.29. The van der Waals surface area contributed by atoms with Gasteiger partial charge in [-0.15, -0.1) is 0 Å². The first-order chi connectivity index (χ1) is 14.8. The number of hydrogen-bond acceptors (Lipinski definition) is 4. The first-order valence-electron chi connectivity index (χ1n) is 10.1. The zero-order chi connectivity index (χ0) is 22.6. The summed E-state index contributed by atoms with van der Waals surface area (Å²) < 4.78 is 0. The molecule has 0 aliphatic carbocycles. The summed E-state index contributed by atoms with van der Waals surface area (Å²) in [6.07, 6.45) is 1.95. The zero-order valence-corrected chi connectivity index (χ0v) is 17.8. The smallest absolute Gasteiger partial charge is 0.325 e. The molecule has 31 heavy (non-hydrogen) atoms. The molecule has 1 aliphatic rings. The van der Waals surface area contributed by atoms with Crippen LogP contribution in [0.5, 0.6) is 0 Å². The number of urea groups is 1. The molecule has 0 saturated carbocycles. The number of rotatable bonds is 7. The van der Waals surface area contributed by atoms with Crippen molar-refractivity contribution in [1.29, 1.82) is 0 Å². The van der Waals surface area contributed by atoms with Crippen molar-refractivity contribution in [1.82, 2.24) is 15.5 Å². The van der Waals surface area contributed by atoms with E-state index in [0.717, 1.165) is 23.3 Å². The van der Waals surface area contributed by atoms with E-state index < -0.39 is 29.9 Å². The maximum atomic E-state index is 13.0. The van der Waals surface area contributed by atoms with Gasteiger partial charge in [0.25, 0.3) is 11.8 Å². The lowest BCUT2D eigenvalue weighted by molar-refractivity contribution is -0.133. The molecule has 1 unspecified atom stereocenters. The van der Waals surface area contributed by atoms with Crippen LogP contribution in [0.25, 0.3) is 0 Å². The number of imide groups is 1. The second kappa shape index (κ2) is 8.99. The van der Waals surface area contributed by atoms with Crippen molar-refractivity contribution in [3.8, 4) is 0 Å². The van der Waals surface area contributed by atoms with Crippen molar-refractivity contribution in [3.63, 3.8) is 0 Å². The summed E-state index contributed by atoms with van der Waals surface area (Å²) in [5, 5.41) is 7.84. The van der Waals surface area contributed by atoms with Crippen molar-refractivity contribution < 1.29 is 19.2 Å². The Balaban J connectivity index is 1.71. The first kappa shape index (κ1) is 22.0. The van der Waals surface area contributed by atoms with Gasteiger partial charge >= 0.3 is 6.03 Å². The van der Waals surface area contributed by atoms with Gasteiger partial charge in [0.05, 0.1) is 0 Å². The van der Waals surface area contributed by atoms with E-state index in [4.69, 9.17) is 0 Å². The van der Waals surface area contributed by atoms with E-state index in [1.54, 1.807) is 25.1 Å². The molecule has 2 aromatic rings. The van der Waals surface area contributed by atoms with Gasteiger partial charge in [-0.3, -0.25) is 19.3 Å². The fourth-order valence-corrected chi connectivity index (χ4v) is 3.56. The van der Waals surface area contributed by atoms with Gasteiger partial charge in [0.1, 0.15) is 12.1 Å². The molecule has 1 atom stereocenters. The number of anilines is 1. The number of nitrogens with one attached hydrogen (secondary N) is 3. The minimum Gasteiger partial charge on any atom is -0.355 e. The predicted octanol–water partition coefficient (Wildman–Crippen LogP) is 2.40. The molecule has 1 heterocycles. The number of carbonyl (C=O) groups is 4. The van der Waals surface area contributed by atoms with E-state index in [1.165, 1.54) is 13.1 Å². The SMILES string of the molecule is CCCc1ccc(C2(C)NC(=O)N(CC(=O)Nc3cccc(C(=O)NC)c3)C2=O)cc1. The third-order valence-corrected chi connectivity index (χ3v) is 5.28. The minimum absolute atomic E-state index is 0.286. The number of nitrogens with zero attached hydrogens (tertiary/aromatic N) is 1. The van der Waals surface area contributed by atoms with Crippen LogP contribution in [0.2, 0.25) is 0 Å². The molecule has 8 nitrogen and oxygen atoms in total. The molecule has 1 saturated heterocycles. The number of benzene rings is 2. The summed E-state index contributed by atoms with van der Waals surface area (Å²) in [4.78, 5) is 50.6. The lowest BCUT2D eigenvalue weighted by Crippen LogP contribution is -2.42. The second-order valence-corrected chi connectivity index (χ2v) is 7.60. The Morgan fingerprint density at radius 1 is 1.10 bits per heavy atom. The molecule has 0 aromatic heterocycles. The van der Waals surface area contributed by atoms with Crippen LogP contribution < -0.4 is 16.0 Å². The Labute approximate surface area is 181 Å². The lowest BCUT2D eigenvalue weighted by atomic mass is 9.91. The van der Waals surface area contributed by atoms with Crippen LogP contribution in [0, 0.1) is 0 Å². The third kappa shape index (κ3) is 4.58. The van der Waals surface area contributed by atoms with E-state index in [2.05, 4.69) is 22.9 Å².